The van der Waals surface area contributed by atoms with Gasteiger partial charge in [0.15, 0.2) is 12.1 Å². The standard InChI is InChI=1S/C17H28O3/c1-11-7-6-8-13-9-10-17(19-5)14(16(11,13)3)12(2)15(18-4)20-17/h8,11-12,14-15H,6-7,9-10H2,1-5H3/t11-,12-,14+,15-,16+,17-/m0/s1. The Kier molecular flexibility index (Phi) is 3.51. The van der Waals surface area contributed by atoms with Gasteiger partial charge in [0.05, 0.1) is 0 Å². The second-order valence-electron chi connectivity index (χ2n) is 7.07. The monoisotopic (exact) mass is 280 g/mol. The molecule has 20 heavy (non-hydrogen) atoms. The van der Waals surface area contributed by atoms with E-state index in [9.17, 15) is 0 Å². The third-order valence-corrected chi connectivity index (χ3v) is 6.42. The lowest BCUT2D eigenvalue weighted by atomic mass is 9.52. The Morgan fingerprint density at radius 3 is 2.70 bits per heavy atom. The minimum Gasteiger partial charge on any atom is -0.355 e. The molecule has 0 aromatic rings. The first-order valence-electron chi connectivity index (χ1n) is 7.95. The average molecular weight is 280 g/mol. The Hall–Kier alpha value is -0.380. The molecule has 1 saturated carbocycles. The van der Waals surface area contributed by atoms with Gasteiger partial charge in [0, 0.05) is 32.5 Å². The predicted octanol–water partition coefficient (Wildman–Crippen LogP) is 3.74. The fourth-order valence-electron chi connectivity index (χ4n) is 5.22. The summed E-state index contributed by atoms with van der Waals surface area (Å²) in [6.07, 6.45) is 6.86. The third kappa shape index (κ3) is 1.69. The number of rotatable bonds is 2. The molecule has 3 heteroatoms. The molecule has 2 aliphatic carbocycles. The van der Waals surface area contributed by atoms with Crippen LogP contribution in [0.1, 0.15) is 46.5 Å². The molecule has 6 atom stereocenters. The van der Waals surface area contributed by atoms with Gasteiger partial charge in [-0.15, -0.1) is 0 Å². The fourth-order valence-corrected chi connectivity index (χ4v) is 5.22. The van der Waals surface area contributed by atoms with Gasteiger partial charge in [0.2, 0.25) is 0 Å². The van der Waals surface area contributed by atoms with E-state index in [1.54, 1.807) is 19.8 Å². The molecule has 1 heterocycles. The van der Waals surface area contributed by atoms with Gasteiger partial charge in [-0.2, -0.15) is 0 Å². The Bertz CT molecular complexity index is 418. The second kappa shape index (κ2) is 4.82. The van der Waals surface area contributed by atoms with E-state index in [4.69, 9.17) is 14.2 Å². The lowest BCUT2D eigenvalue weighted by Gasteiger charge is -2.55. The number of fused-ring (bicyclic) bond motifs is 3. The molecule has 0 unspecified atom stereocenters. The van der Waals surface area contributed by atoms with Crippen molar-refractivity contribution in [3.8, 4) is 0 Å². The van der Waals surface area contributed by atoms with Gasteiger partial charge in [-0.25, -0.2) is 0 Å². The second-order valence-corrected chi connectivity index (χ2v) is 7.07. The summed E-state index contributed by atoms with van der Waals surface area (Å²) in [4.78, 5) is 0. The van der Waals surface area contributed by atoms with Gasteiger partial charge in [-0.05, 0) is 30.6 Å². The predicted molar refractivity (Wildman–Crippen MR) is 78.1 cm³/mol. The first kappa shape index (κ1) is 14.6. The van der Waals surface area contributed by atoms with Crippen LogP contribution in [0.4, 0.5) is 0 Å². The molecule has 0 bridgehead atoms. The van der Waals surface area contributed by atoms with Crippen LogP contribution >= 0.6 is 0 Å². The molecular weight excluding hydrogens is 252 g/mol. The van der Waals surface area contributed by atoms with Gasteiger partial charge in [-0.3, -0.25) is 0 Å². The first-order valence-corrected chi connectivity index (χ1v) is 7.95. The summed E-state index contributed by atoms with van der Waals surface area (Å²) in [6.45, 7) is 7.08. The highest BCUT2D eigenvalue weighted by atomic mass is 16.8. The summed E-state index contributed by atoms with van der Waals surface area (Å²) in [5, 5.41) is 0. The molecule has 114 valence electrons. The minimum atomic E-state index is -0.461. The SMILES string of the molecule is CO[C@H]1O[C@@]2(OC)CCC3=CCC[C@H](C)[C@@]3(C)[C@H]2[C@@H]1C. The zero-order valence-corrected chi connectivity index (χ0v) is 13.4. The third-order valence-electron chi connectivity index (χ3n) is 6.42. The smallest absolute Gasteiger partial charge is 0.175 e. The number of hydrogen-bond acceptors (Lipinski definition) is 3. The van der Waals surface area contributed by atoms with E-state index in [1.165, 1.54) is 12.8 Å². The van der Waals surface area contributed by atoms with Crippen LogP contribution in [0.2, 0.25) is 0 Å². The van der Waals surface area contributed by atoms with Crippen molar-refractivity contribution in [1.29, 1.82) is 0 Å². The molecule has 0 N–H and O–H groups in total. The van der Waals surface area contributed by atoms with Gasteiger partial charge in [0.25, 0.3) is 0 Å². The molecule has 0 amide bonds. The van der Waals surface area contributed by atoms with Crippen LogP contribution in [0.15, 0.2) is 11.6 Å². The van der Waals surface area contributed by atoms with Crippen molar-refractivity contribution in [1.82, 2.24) is 0 Å². The van der Waals surface area contributed by atoms with Crippen LogP contribution in [0.25, 0.3) is 0 Å². The van der Waals surface area contributed by atoms with Gasteiger partial charge < -0.3 is 14.2 Å². The largest absolute Gasteiger partial charge is 0.355 e. The Labute approximate surface area is 122 Å². The first-order chi connectivity index (χ1) is 9.49. The van der Waals surface area contributed by atoms with Crippen LogP contribution in [-0.4, -0.2) is 26.3 Å². The topological polar surface area (TPSA) is 27.7 Å². The normalized spacial score (nSPS) is 51.4. The number of ether oxygens (including phenoxy) is 3. The zero-order valence-electron chi connectivity index (χ0n) is 13.4. The highest BCUT2D eigenvalue weighted by Gasteiger charge is 2.65. The summed E-state index contributed by atoms with van der Waals surface area (Å²) < 4.78 is 17.8. The summed E-state index contributed by atoms with van der Waals surface area (Å²) in [5.74, 6) is 0.941. The average Bonchev–Trinajstić information content (AvgIpc) is 2.75. The zero-order chi connectivity index (χ0) is 14.5. The lowest BCUT2D eigenvalue weighted by molar-refractivity contribution is -0.286. The number of allylic oxidation sites excluding steroid dienone is 2. The van der Waals surface area contributed by atoms with Crippen molar-refractivity contribution in [2.45, 2.75) is 58.5 Å². The van der Waals surface area contributed by atoms with E-state index in [2.05, 4.69) is 26.8 Å². The summed E-state index contributed by atoms with van der Waals surface area (Å²) in [5.41, 5.74) is 1.81. The van der Waals surface area contributed by atoms with Crippen LogP contribution in [0, 0.1) is 23.2 Å². The highest BCUT2D eigenvalue weighted by Crippen LogP contribution is 2.63. The van der Waals surface area contributed by atoms with Crippen molar-refractivity contribution in [2.24, 2.45) is 23.2 Å². The van der Waals surface area contributed by atoms with Gasteiger partial charge in [-0.1, -0.05) is 32.4 Å². The van der Waals surface area contributed by atoms with Crippen molar-refractivity contribution >= 4 is 0 Å². The molecule has 3 aliphatic rings. The number of methoxy groups -OCH3 is 2. The van der Waals surface area contributed by atoms with E-state index in [1.807, 2.05) is 0 Å². The van der Waals surface area contributed by atoms with Crippen molar-refractivity contribution < 1.29 is 14.2 Å². The summed E-state index contributed by atoms with van der Waals surface area (Å²) >= 11 is 0. The van der Waals surface area contributed by atoms with Gasteiger partial charge >= 0.3 is 0 Å². The molecule has 1 saturated heterocycles. The van der Waals surface area contributed by atoms with E-state index in [0.29, 0.717) is 17.8 Å². The minimum absolute atomic E-state index is 0.148. The van der Waals surface area contributed by atoms with E-state index in [-0.39, 0.29) is 11.7 Å². The maximum atomic E-state index is 6.25. The Balaban J connectivity index is 2.08. The maximum absolute atomic E-state index is 6.25. The molecule has 3 nitrogen and oxygen atoms in total. The fraction of sp³-hybridized carbons (Fsp3) is 0.882. The van der Waals surface area contributed by atoms with E-state index < -0.39 is 5.79 Å². The van der Waals surface area contributed by atoms with Crippen LogP contribution in [0.3, 0.4) is 0 Å². The molecule has 0 spiro atoms. The van der Waals surface area contributed by atoms with Gasteiger partial charge in [0.1, 0.15) is 0 Å². The van der Waals surface area contributed by atoms with E-state index in [0.717, 1.165) is 12.8 Å². The molecule has 0 aromatic carbocycles. The Morgan fingerprint density at radius 2 is 2.05 bits per heavy atom. The van der Waals surface area contributed by atoms with Crippen LogP contribution < -0.4 is 0 Å². The quantitative estimate of drug-likeness (QED) is 0.721. The van der Waals surface area contributed by atoms with Crippen LogP contribution in [-0.2, 0) is 14.2 Å². The van der Waals surface area contributed by atoms with E-state index >= 15 is 0 Å². The molecule has 0 radical (unpaired) electrons. The molecule has 2 fully saturated rings. The van der Waals surface area contributed by atoms with Crippen molar-refractivity contribution in [3.05, 3.63) is 11.6 Å². The van der Waals surface area contributed by atoms with Crippen molar-refractivity contribution in [2.75, 3.05) is 14.2 Å². The lowest BCUT2D eigenvalue weighted by Crippen LogP contribution is -2.54. The Morgan fingerprint density at radius 1 is 1.30 bits per heavy atom. The summed E-state index contributed by atoms with van der Waals surface area (Å²) in [6, 6.07) is 0. The molecule has 3 rings (SSSR count). The molecule has 1 aliphatic heterocycles. The highest BCUT2D eigenvalue weighted by molar-refractivity contribution is 5.26. The van der Waals surface area contributed by atoms with Crippen molar-refractivity contribution in [3.63, 3.8) is 0 Å². The maximum Gasteiger partial charge on any atom is 0.175 e. The molecular formula is C17H28O3. The summed E-state index contributed by atoms with van der Waals surface area (Å²) in [7, 11) is 3.54. The molecule has 0 aromatic heterocycles. The van der Waals surface area contributed by atoms with Crippen LogP contribution in [0.5, 0.6) is 0 Å². The number of hydrogen-bond donors (Lipinski definition) is 0.